The summed E-state index contributed by atoms with van der Waals surface area (Å²) in [6.45, 7) is 0. The highest BCUT2D eigenvalue weighted by atomic mass is 35.5. The second kappa shape index (κ2) is 4.79. The van der Waals surface area contributed by atoms with Crippen molar-refractivity contribution in [3.8, 4) is 0 Å². The molecule has 0 radical (unpaired) electrons. The Bertz CT molecular complexity index is 451. The highest BCUT2D eigenvalue weighted by Gasteiger charge is 2.17. The van der Waals surface area contributed by atoms with Crippen LogP contribution in [0.25, 0.3) is 0 Å². The van der Waals surface area contributed by atoms with Gasteiger partial charge < -0.3 is 0 Å². The molecule has 1 aliphatic carbocycles. The number of ketones is 1. The second-order valence-corrected chi connectivity index (χ2v) is 4.34. The van der Waals surface area contributed by atoms with Crippen molar-refractivity contribution in [3.05, 3.63) is 46.3 Å². The maximum absolute atomic E-state index is 12.8. The lowest BCUT2D eigenvalue weighted by Crippen LogP contribution is -2.07. The minimum atomic E-state index is -0.417. The Labute approximate surface area is 98.9 Å². The summed E-state index contributed by atoms with van der Waals surface area (Å²) in [5.41, 5.74) is 1.20. The van der Waals surface area contributed by atoms with Crippen LogP contribution < -0.4 is 0 Å². The van der Waals surface area contributed by atoms with Gasteiger partial charge in [0.15, 0.2) is 5.78 Å². The molecule has 1 aliphatic rings. The molecule has 0 saturated carbocycles. The van der Waals surface area contributed by atoms with Crippen LogP contribution in [0.5, 0.6) is 0 Å². The standard InChI is InChI=1S/C13H12ClFO/c14-12-8-10(15)6-7-11(12)13(16)9-4-2-1-3-5-9/h4,6-8H,1-3,5H2. The number of hydrogen-bond donors (Lipinski definition) is 0. The molecule has 0 N–H and O–H groups in total. The smallest absolute Gasteiger partial charge is 0.190 e. The Morgan fingerprint density at radius 3 is 2.75 bits per heavy atom. The van der Waals surface area contributed by atoms with Crippen molar-refractivity contribution >= 4 is 17.4 Å². The molecule has 0 fully saturated rings. The number of rotatable bonds is 2. The Kier molecular flexibility index (Phi) is 3.39. The van der Waals surface area contributed by atoms with Crippen LogP contribution in [0, 0.1) is 5.82 Å². The van der Waals surface area contributed by atoms with Crippen LogP contribution in [0.2, 0.25) is 5.02 Å². The summed E-state index contributed by atoms with van der Waals surface area (Å²) in [4.78, 5) is 12.1. The van der Waals surface area contributed by atoms with Crippen LogP contribution in [-0.2, 0) is 0 Å². The molecule has 2 rings (SSSR count). The van der Waals surface area contributed by atoms with Crippen molar-refractivity contribution in [2.24, 2.45) is 0 Å². The zero-order chi connectivity index (χ0) is 11.5. The molecule has 0 amide bonds. The molecule has 0 heterocycles. The van der Waals surface area contributed by atoms with Crippen molar-refractivity contribution in [1.29, 1.82) is 0 Å². The van der Waals surface area contributed by atoms with Crippen molar-refractivity contribution in [2.45, 2.75) is 25.7 Å². The fourth-order valence-electron chi connectivity index (χ4n) is 1.89. The molecule has 1 aromatic rings. The number of carbonyl (C=O) groups excluding carboxylic acids is 1. The first kappa shape index (κ1) is 11.3. The van der Waals surface area contributed by atoms with Gasteiger partial charge in [0.05, 0.1) is 5.02 Å². The van der Waals surface area contributed by atoms with Gasteiger partial charge >= 0.3 is 0 Å². The molecule has 0 aliphatic heterocycles. The van der Waals surface area contributed by atoms with E-state index in [0.717, 1.165) is 31.3 Å². The normalized spacial score (nSPS) is 15.8. The molecule has 84 valence electrons. The number of benzene rings is 1. The molecular weight excluding hydrogens is 227 g/mol. The summed E-state index contributed by atoms with van der Waals surface area (Å²) in [5, 5.41) is 0.191. The summed E-state index contributed by atoms with van der Waals surface area (Å²) in [7, 11) is 0. The van der Waals surface area contributed by atoms with Crippen molar-refractivity contribution in [1.82, 2.24) is 0 Å². The van der Waals surface area contributed by atoms with E-state index in [1.54, 1.807) is 0 Å². The van der Waals surface area contributed by atoms with Gasteiger partial charge in [0, 0.05) is 5.56 Å². The van der Waals surface area contributed by atoms with Gasteiger partial charge in [-0.3, -0.25) is 4.79 Å². The molecule has 1 nitrogen and oxygen atoms in total. The molecule has 16 heavy (non-hydrogen) atoms. The average molecular weight is 239 g/mol. The topological polar surface area (TPSA) is 17.1 Å². The van der Waals surface area contributed by atoms with Gasteiger partial charge in [-0.25, -0.2) is 4.39 Å². The first-order chi connectivity index (χ1) is 7.68. The van der Waals surface area contributed by atoms with E-state index in [-0.39, 0.29) is 10.8 Å². The SMILES string of the molecule is O=C(C1=CCCCC1)c1ccc(F)cc1Cl. The van der Waals surface area contributed by atoms with Crippen LogP contribution in [0.1, 0.15) is 36.0 Å². The Balaban J connectivity index is 2.30. The van der Waals surface area contributed by atoms with Crippen LogP contribution in [0.3, 0.4) is 0 Å². The first-order valence-electron chi connectivity index (χ1n) is 5.37. The highest BCUT2D eigenvalue weighted by molar-refractivity contribution is 6.34. The number of hydrogen-bond acceptors (Lipinski definition) is 1. The predicted molar refractivity (Wildman–Crippen MR) is 62.3 cm³/mol. The van der Waals surface area contributed by atoms with E-state index in [2.05, 4.69) is 0 Å². The van der Waals surface area contributed by atoms with Gasteiger partial charge in [-0.05, 0) is 49.5 Å². The van der Waals surface area contributed by atoms with Gasteiger partial charge in [0.1, 0.15) is 5.82 Å². The maximum Gasteiger partial charge on any atom is 0.190 e. The van der Waals surface area contributed by atoms with Crippen LogP contribution in [-0.4, -0.2) is 5.78 Å². The van der Waals surface area contributed by atoms with Gasteiger partial charge in [-0.1, -0.05) is 17.7 Å². The fraction of sp³-hybridized carbons (Fsp3) is 0.308. The largest absolute Gasteiger partial charge is 0.289 e. The number of carbonyl (C=O) groups is 1. The Hall–Kier alpha value is -1.15. The molecule has 0 bridgehead atoms. The molecule has 0 spiro atoms. The molecule has 0 atom stereocenters. The quantitative estimate of drug-likeness (QED) is 0.707. The molecule has 0 unspecified atom stereocenters. The van der Waals surface area contributed by atoms with Gasteiger partial charge in [0.2, 0.25) is 0 Å². The van der Waals surface area contributed by atoms with Gasteiger partial charge in [-0.2, -0.15) is 0 Å². The van der Waals surface area contributed by atoms with E-state index < -0.39 is 5.82 Å². The summed E-state index contributed by atoms with van der Waals surface area (Å²) >= 11 is 5.86. The minimum absolute atomic E-state index is 0.0651. The zero-order valence-corrected chi connectivity index (χ0v) is 9.56. The molecule has 0 aromatic heterocycles. The minimum Gasteiger partial charge on any atom is -0.289 e. The monoisotopic (exact) mass is 238 g/mol. The fourth-order valence-corrected chi connectivity index (χ4v) is 2.14. The van der Waals surface area contributed by atoms with Crippen molar-refractivity contribution < 1.29 is 9.18 Å². The number of halogens is 2. The Morgan fingerprint density at radius 1 is 1.31 bits per heavy atom. The summed E-state index contributed by atoms with van der Waals surface area (Å²) < 4.78 is 12.8. The molecule has 1 aromatic carbocycles. The van der Waals surface area contributed by atoms with Crippen LogP contribution >= 0.6 is 11.6 Å². The third-order valence-corrected chi connectivity index (χ3v) is 3.07. The third-order valence-electron chi connectivity index (χ3n) is 2.76. The van der Waals surface area contributed by atoms with E-state index in [9.17, 15) is 9.18 Å². The lowest BCUT2D eigenvalue weighted by Gasteiger charge is -2.12. The molecule has 0 saturated heterocycles. The second-order valence-electron chi connectivity index (χ2n) is 3.93. The molecule has 3 heteroatoms. The van der Waals surface area contributed by atoms with E-state index in [1.165, 1.54) is 18.2 Å². The highest BCUT2D eigenvalue weighted by Crippen LogP contribution is 2.25. The summed E-state index contributed by atoms with van der Waals surface area (Å²) in [6, 6.07) is 3.90. The summed E-state index contributed by atoms with van der Waals surface area (Å²) in [5.74, 6) is -0.483. The van der Waals surface area contributed by atoms with E-state index >= 15 is 0 Å². The van der Waals surface area contributed by atoms with Crippen LogP contribution in [0.4, 0.5) is 4.39 Å². The first-order valence-corrected chi connectivity index (χ1v) is 5.75. The van der Waals surface area contributed by atoms with Crippen molar-refractivity contribution in [3.63, 3.8) is 0 Å². The van der Waals surface area contributed by atoms with Gasteiger partial charge in [-0.15, -0.1) is 0 Å². The lowest BCUT2D eigenvalue weighted by molar-refractivity contribution is 0.102. The van der Waals surface area contributed by atoms with Crippen LogP contribution in [0.15, 0.2) is 29.8 Å². The van der Waals surface area contributed by atoms with E-state index in [0.29, 0.717) is 5.56 Å². The summed E-state index contributed by atoms with van der Waals surface area (Å²) in [6.07, 6.45) is 5.88. The van der Waals surface area contributed by atoms with Crippen molar-refractivity contribution in [2.75, 3.05) is 0 Å². The lowest BCUT2D eigenvalue weighted by atomic mass is 9.93. The molecular formula is C13H12ClFO. The zero-order valence-electron chi connectivity index (χ0n) is 8.80. The third kappa shape index (κ3) is 2.33. The average Bonchev–Trinajstić information content (AvgIpc) is 2.29. The maximum atomic E-state index is 12.8. The van der Waals surface area contributed by atoms with E-state index in [1.807, 2.05) is 6.08 Å². The van der Waals surface area contributed by atoms with E-state index in [4.69, 9.17) is 11.6 Å². The Morgan fingerprint density at radius 2 is 2.12 bits per heavy atom. The number of allylic oxidation sites excluding steroid dienone is 2. The van der Waals surface area contributed by atoms with Gasteiger partial charge in [0.25, 0.3) is 0 Å². The predicted octanol–water partition coefficient (Wildman–Crippen LogP) is 4.16. The number of Topliss-reactive ketones (excluding diaryl/α,β-unsaturated/α-hetero) is 1.